The van der Waals surface area contributed by atoms with Gasteiger partial charge in [0.2, 0.25) is 0 Å². The Labute approximate surface area is 283 Å². The van der Waals surface area contributed by atoms with Gasteiger partial charge in [0.25, 0.3) is 0 Å². The third-order valence-corrected chi connectivity index (χ3v) is 8.90. The van der Waals surface area contributed by atoms with Crippen molar-refractivity contribution in [3.05, 3.63) is 206 Å². The molecule has 7 aromatic carbocycles. The lowest BCUT2D eigenvalue weighted by Crippen LogP contribution is -1.96. The fourth-order valence-corrected chi connectivity index (χ4v) is 6.68. The van der Waals surface area contributed by atoms with E-state index in [4.69, 9.17) is 0 Å². The molecule has 0 atom stereocenters. The lowest BCUT2D eigenvalue weighted by molar-refractivity contribution is 1.60. The van der Waals surface area contributed by atoms with Crippen LogP contribution in [0.5, 0.6) is 0 Å². The van der Waals surface area contributed by atoms with Crippen LogP contribution >= 0.6 is 0 Å². The predicted molar refractivity (Wildman–Crippen MR) is 211 cm³/mol. The summed E-state index contributed by atoms with van der Waals surface area (Å²) < 4.78 is 0. The van der Waals surface area contributed by atoms with Crippen molar-refractivity contribution >= 4 is 44.5 Å². The molecule has 0 saturated carbocycles. The van der Waals surface area contributed by atoms with Crippen LogP contribution in [0.3, 0.4) is 0 Å². The zero-order valence-electron chi connectivity index (χ0n) is 26.9. The average molecular weight is 613 g/mol. The Kier molecular flexibility index (Phi) is 8.89. The quantitative estimate of drug-likeness (QED) is 0.181. The number of rotatable bonds is 5. The van der Waals surface area contributed by atoms with Crippen LogP contribution < -0.4 is 0 Å². The zero-order chi connectivity index (χ0) is 32.7. The maximum atomic E-state index is 4.35. The second-order valence-electron chi connectivity index (χ2n) is 11.7. The van der Waals surface area contributed by atoms with Gasteiger partial charge in [-0.1, -0.05) is 201 Å². The molecule has 0 amide bonds. The first-order valence-corrected chi connectivity index (χ1v) is 16.3. The predicted octanol–water partition coefficient (Wildman–Crippen LogP) is 13.7. The molecular weight excluding hydrogens is 577 g/mol. The second-order valence-corrected chi connectivity index (χ2v) is 11.7. The highest BCUT2D eigenvalue weighted by Crippen LogP contribution is 2.44. The normalized spacial score (nSPS) is 10.7. The summed E-state index contributed by atoms with van der Waals surface area (Å²) in [4.78, 5) is 0. The van der Waals surface area contributed by atoms with Crippen molar-refractivity contribution in [1.29, 1.82) is 0 Å². The van der Waals surface area contributed by atoms with Crippen molar-refractivity contribution < 1.29 is 0 Å². The average Bonchev–Trinajstić information content (AvgIpc) is 3.14. The SMILES string of the molecule is C=Cc1c(C=C)c(-c2cccc3ccccc23)c2ccccc2c1-c1ccccccc(-c2ccccccc3ccccc3c2)cc1. The van der Waals surface area contributed by atoms with Crippen LogP contribution in [0, 0.1) is 0 Å². The molecule has 0 unspecified atom stereocenters. The van der Waals surface area contributed by atoms with Crippen LogP contribution in [0.25, 0.3) is 77.9 Å². The van der Waals surface area contributed by atoms with Crippen LogP contribution in [0.4, 0.5) is 0 Å². The summed E-state index contributed by atoms with van der Waals surface area (Å²) in [5.41, 5.74) is 8.98. The van der Waals surface area contributed by atoms with E-state index >= 15 is 0 Å². The molecular formula is C48H36. The van der Waals surface area contributed by atoms with Crippen molar-refractivity contribution in [3.8, 4) is 33.4 Å². The molecule has 0 heterocycles. The molecule has 0 radical (unpaired) electrons. The monoisotopic (exact) mass is 612 g/mol. The molecule has 0 bridgehead atoms. The standard InChI is InChI=1S/C48H36/c1-3-41-42(4-2)48(44-31-19-27-37-23-15-16-28-43(37)44)46-30-18-17-29-45(46)47(41)38-24-11-7-5-10-21-36(32-33-38)40-25-12-8-6-9-20-35-22-13-14-26-39(35)34-40/h3-34H,1-2H2. The summed E-state index contributed by atoms with van der Waals surface area (Å²) in [7, 11) is 0. The lowest BCUT2D eigenvalue weighted by Gasteiger charge is -2.21. The molecule has 0 aliphatic heterocycles. The van der Waals surface area contributed by atoms with E-state index in [2.05, 4.69) is 195 Å². The van der Waals surface area contributed by atoms with Crippen molar-refractivity contribution in [2.75, 3.05) is 0 Å². The van der Waals surface area contributed by atoms with Gasteiger partial charge in [-0.15, -0.1) is 0 Å². The largest absolute Gasteiger partial charge is 0.0984 e. The third kappa shape index (κ3) is 6.00. The minimum atomic E-state index is 1.07. The van der Waals surface area contributed by atoms with E-state index in [1.54, 1.807) is 0 Å². The highest BCUT2D eigenvalue weighted by molar-refractivity contribution is 6.15. The molecule has 0 aromatic heterocycles. The van der Waals surface area contributed by atoms with Gasteiger partial charge >= 0.3 is 0 Å². The van der Waals surface area contributed by atoms with Crippen molar-refractivity contribution in [2.45, 2.75) is 0 Å². The van der Waals surface area contributed by atoms with Gasteiger partial charge < -0.3 is 0 Å². The van der Waals surface area contributed by atoms with Gasteiger partial charge in [-0.2, -0.15) is 0 Å². The molecule has 228 valence electrons. The van der Waals surface area contributed by atoms with E-state index in [1.165, 1.54) is 43.4 Å². The van der Waals surface area contributed by atoms with Crippen LogP contribution in [0.1, 0.15) is 11.1 Å². The van der Waals surface area contributed by atoms with E-state index < -0.39 is 0 Å². The summed E-state index contributed by atoms with van der Waals surface area (Å²) in [6.45, 7) is 8.69. The summed E-state index contributed by atoms with van der Waals surface area (Å²) in [5.74, 6) is 0. The van der Waals surface area contributed by atoms with Gasteiger partial charge in [-0.3, -0.25) is 0 Å². The Morgan fingerprint density at radius 1 is 0.312 bits per heavy atom. The Morgan fingerprint density at radius 2 is 0.771 bits per heavy atom. The van der Waals surface area contributed by atoms with E-state index in [1.807, 2.05) is 12.2 Å². The molecule has 0 N–H and O–H groups in total. The minimum Gasteiger partial charge on any atom is -0.0984 e. The molecule has 0 heteroatoms. The van der Waals surface area contributed by atoms with Crippen molar-refractivity contribution in [1.82, 2.24) is 0 Å². The molecule has 48 heavy (non-hydrogen) atoms. The summed E-state index contributed by atoms with van der Waals surface area (Å²) in [5, 5.41) is 7.15. The van der Waals surface area contributed by atoms with Crippen molar-refractivity contribution in [2.24, 2.45) is 0 Å². The fraction of sp³-hybridized carbons (Fsp3) is 0. The van der Waals surface area contributed by atoms with Gasteiger partial charge in [0.15, 0.2) is 0 Å². The Morgan fingerprint density at radius 3 is 1.46 bits per heavy atom. The van der Waals surface area contributed by atoms with Crippen LogP contribution in [0.2, 0.25) is 0 Å². The van der Waals surface area contributed by atoms with Crippen LogP contribution in [-0.2, 0) is 0 Å². The first kappa shape index (κ1) is 30.4. The van der Waals surface area contributed by atoms with E-state index in [9.17, 15) is 0 Å². The number of benzene rings is 5. The summed E-state index contributed by atoms with van der Waals surface area (Å²) >= 11 is 0. The Balaban J connectivity index is 1.53. The van der Waals surface area contributed by atoms with E-state index in [0.29, 0.717) is 0 Å². The molecule has 0 nitrogen and oxygen atoms in total. The Hall–Kier alpha value is -6.24. The number of hydrogen-bond donors (Lipinski definition) is 0. The van der Waals surface area contributed by atoms with Gasteiger partial charge in [0, 0.05) is 0 Å². The second kappa shape index (κ2) is 14.0. The van der Waals surface area contributed by atoms with E-state index in [0.717, 1.165) is 33.4 Å². The molecule has 7 rings (SSSR count). The fourth-order valence-electron chi connectivity index (χ4n) is 6.68. The van der Waals surface area contributed by atoms with Gasteiger partial charge in [0.1, 0.15) is 0 Å². The molecule has 0 spiro atoms. The van der Waals surface area contributed by atoms with Crippen LogP contribution in [-0.4, -0.2) is 0 Å². The molecule has 0 aliphatic rings. The molecule has 0 fully saturated rings. The molecule has 7 aromatic rings. The molecule has 0 saturated heterocycles. The van der Waals surface area contributed by atoms with E-state index in [-0.39, 0.29) is 0 Å². The van der Waals surface area contributed by atoms with Crippen molar-refractivity contribution in [3.63, 3.8) is 0 Å². The smallest absolute Gasteiger partial charge is 0.00204 e. The number of fused-ring (bicyclic) bond motifs is 3. The highest BCUT2D eigenvalue weighted by Gasteiger charge is 2.19. The summed E-state index contributed by atoms with van der Waals surface area (Å²) in [6, 6.07) is 64.5. The third-order valence-electron chi connectivity index (χ3n) is 8.90. The minimum absolute atomic E-state index is 1.07. The lowest BCUT2D eigenvalue weighted by atomic mass is 9.82. The Bertz CT molecular complexity index is 2440. The summed E-state index contributed by atoms with van der Waals surface area (Å²) in [6.07, 6.45) is 3.98. The highest BCUT2D eigenvalue weighted by atomic mass is 14.2. The first-order valence-electron chi connectivity index (χ1n) is 16.3. The maximum Gasteiger partial charge on any atom is -0.00204 e. The van der Waals surface area contributed by atoms with Gasteiger partial charge in [-0.25, -0.2) is 0 Å². The van der Waals surface area contributed by atoms with Crippen LogP contribution in [0.15, 0.2) is 195 Å². The zero-order valence-corrected chi connectivity index (χ0v) is 26.9. The van der Waals surface area contributed by atoms with Gasteiger partial charge in [-0.05, 0) is 82.9 Å². The molecule has 0 aliphatic carbocycles. The number of hydrogen-bond acceptors (Lipinski definition) is 0. The van der Waals surface area contributed by atoms with Gasteiger partial charge in [0.05, 0.1) is 0 Å². The first-order chi connectivity index (χ1) is 23.8. The maximum absolute atomic E-state index is 4.35. The topological polar surface area (TPSA) is 0 Å².